The van der Waals surface area contributed by atoms with E-state index in [0.29, 0.717) is 17.6 Å². The van der Waals surface area contributed by atoms with Crippen LogP contribution in [0.2, 0.25) is 0 Å². The van der Waals surface area contributed by atoms with Crippen LogP contribution in [0.1, 0.15) is 39.2 Å². The summed E-state index contributed by atoms with van der Waals surface area (Å²) in [5.41, 5.74) is 2.13. The molecule has 0 saturated carbocycles. The van der Waals surface area contributed by atoms with Gasteiger partial charge in [0.15, 0.2) is 5.16 Å². The molecule has 3 rings (SSSR count). The zero-order valence-electron chi connectivity index (χ0n) is 18.0. The SMILES string of the molecule is Cc1ccc(-n2c(SC(C)C(=O)NC(=O)NCC(C)C)nnc2N2CCCC2)cc1. The summed E-state index contributed by atoms with van der Waals surface area (Å²) in [5.74, 6) is 0.748. The number of amides is 3. The fourth-order valence-electron chi connectivity index (χ4n) is 3.15. The van der Waals surface area contributed by atoms with E-state index in [-0.39, 0.29) is 5.91 Å². The first-order chi connectivity index (χ1) is 14.3. The van der Waals surface area contributed by atoms with E-state index < -0.39 is 11.3 Å². The first kappa shape index (κ1) is 22.1. The minimum atomic E-state index is -0.505. The summed E-state index contributed by atoms with van der Waals surface area (Å²) in [6, 6.07) is 7.69. The third-order valence-electron chi connectivity index (χ3n) is 4.86. The van der Waals surface area contributed by atoms with Crippen molar-refractivity contribution in [3.63, 3.8) is 0 Å². The highest BCUT2D eigenvalue weighted by molar-refractivity contribution is 8.00. The normalized spacial score (nSPS) is 14.8. The van der Waals surface area contributed by atoms with Gasteiger partial charge in [-0.05, 0) is 44.7 Å². The Kier molecular flexibility index (Phi) is 7.36. The van der Waals surface area contributed by atoms with Crippen molar-refractivity contribution in [3.8, 4) is 5.69 Å². The maximum atomic E-state index is 12.5. The summed E-state index contributed by atoms with van der Waals surface area (Å²) in [6.07, 6.45) is 2.26. The fourth-order valence-corrected chi connectivity index (χ4v) is 4.01. The van der Waals surface area contributed by atoms with Crippen LogP contribution < -0.4 is 15.5 Å². The van der Waals surface area contributed by atoms with Gasteiger partial charge in [-0.1, -0.05) is 43.3 Å². The molecule has 1 aromatic heterocycles. The molecule has 3 amide bonds. The monoisotopic (exact) mass is 430 g/mol. The molecule has 162 valence electrons. The lowest BCUT2D eigenvalue weighted by molar-refractivity contribution is -0.119. The molecule has 2 aromatic rings. The number of urea groups is 1. The first-order valence-electron chi connectivity index (χ1n) is 10.4. The molecule has 1 aromatic carbocycles. The van der Waals surface area contributed by atoms with Crippen molar-refractivity contribution in [1.82, 2.24) is 25.4 Å². The summed E-state index contributed by atoms with van der Waals surface area (Å²) >= 11 is 1.29. The van der Waals surface area contributed by atoms with E-state index in [0.717, 1.165) is 37.6 Å². The predicted octanol–water partition coefficient (Wildman–Crippen LogP) is 3.14. The Morgan fingerprint density at radius 1 is 1.10 bits per heavy atom. The van der Waals surface area contributed by atoms with Crippen LogP contribution in [0.4, 0.5) is 10.7 Å². The molecule has 0 aliphatic carbocycles. The lowest BCUT2D eigenvalue weighted by Gasteiger charge is -2.19. The lowest BCUT2D eigenvalue weighted by atomic mass is 10.2. The molecule has 1 saturated heterocycles. The molecule has 1 aliphatic rings. The number of aryl methyl sites for hydroxylation is 1. The van der Waals surface area contributed by atoms with Crippen molar-refractivity contribution < 1.29 is 9.59 Å². The molecule has 2 heterocycles. The Bertz CT molecular complexity index is 874. The van der Waals surface area contributed by atoms with Gasteiger partial charge >= 0.3 is 6.03 Å². The number of rotatable bonds is 7. The topological polar surface area (TPSA) is 92.2 Å². The van der Waals surface area contributed by atoms with Gasteiger partial charge in [0.1, 0.15) is 0 Å². The number of anilines is 1. The van der Waals surface area contributed by atoms with Crippen LogP contribution in [0.5, 0.6) is 0 Å². The fraction of sp³-hybridized carbons (Fsp3) is 0.524. The van der Waals surface area contributed by atoms with Crippen molar-refractivity contribution in [2.75, 3.05) is 24.5 Å². The van der Waals surface area contributed by atoms with E-state index in [1.807, 2.05) is 49.6 Å². The highest BCUT2D eigenvalue weighted by Gasteiger charge is 2.25. The highest BCUT2D eigenvalue weighted by atomic mass is 32.2. The second-order valence-corrected chi connectivity index (χ2v) is 9.31. The average molecular weight is 431 g/mol. The molecule has 30 heavy (non-hydrogen) atoms. The van der Waals surface area contributed by atoms with E-state index in [1.165, 1.54) is 17.3 Å². The number of aromatic nitrogens is 3. The number of imide groups is 1. The maximum absolute atomic E-state index is 12.5. The number of carbonyl (C=O) groups excluding carboxylic acids is 2. The standard InChI is InChI=1S/C21H30N6O2S/c1-14(2)13-22-19(29)23-18(28)16(4)30-21-25-24-20(26-11-5-6-12-26)27(21)17-9-7-15(3)8-10-17/h7-10,14,16H,5-6,11-13H2,1-4H3,(H2,22,23,28,29). The Balaban J connectivity index is 1.77. The van der Waals surface area contributed by atoms with Gasteiger partial charge in [-0.25, -0.2) is 4.79 Å². The van der Waals surface area contributed by atoms with Crippen LogP contribution in [0.25, 0.3) is 5.69 Å². The Labute approximate surface area is 181 Å². The van der Waals surface area contributed by atoms with E-state index in [2.05, 4.69) is 25.7 Å². The molecule has 2 N–H and O–H groups in total. The number of nitrogens with zero attached hydrogens (tertiary/aromatic N) is 4. The summed E-state index contributed by atoms with van der Waals surface area (Å²) in [7, 11) is 0. The zero-order chi connectivity index (χ0) is 21.7. The van der Waals surface area contributed by atoms with E-state index in [1.54, 1.807) is 6.92 Å². The molecule has 1 aliphatic heterocycles. The molecule has 8 nitrogen and oxygen atoms in total. The minimum absolute atomic E-state index is 0.315. The smallest absolute Gasteiger partial charge is 0.321 e. The second-order valence-electron chi connectivity index (χ2n) is 8.00. The van der Waals surface area contributed by atoms with Gasteiger partial charge < -0.3 is 10.2 Å². The van der Waals surface area contributed by atoms with E-state index in [4.69, 9.17) is 0 Å². The lowest BCUT2D eigenvalue weighted by Crippen LogP contribution is -2.43. The largest absolute Gasteiger partial charge is 0.341 e. The van der Waals surface area contributed by atoms with Crippen LogP contribution in [0, 0.1) is 12.8 Å². The van der Waals surface area contributed by atoms with E-state index in [9.17, 15) is 9.59 Å². The summed E-state index contributed by atoms with van der Waals surface area (Å²) in [5, 5.41) is 14.0. The number of thioether (sulfide) groups is 1. The quantitative estimate of drug-likeness (QED) is 0.656. The van der Waals surface area contributed by atoms with Crippen LogP contribution >= 0.6 is 11.8 Å². The third kappa shape index (κ3) is 5.53. The molecule has 1 atom stereocenters. The van der Waals surface area contributed by atoms with Gasteiger partial charge in [-0.15, -0.1) is 10.2 Å². The molecular weight excluding hydrogens is 400 g/mol. The van der Waals surface area contributed by atoms with Crippen molar-refractivity contribution in [1.29, 1.82) is 0 Å². The van der Waals surface area contributed by atoms with Crippen molar-refractivity contribution in [2.24, 2.45) is 5.92 Å². The molecular formula is C21H30N6O2S. The van der Waals surface area contributed by atoms with Crippen molar-refractivity contribution >= 4 is 29.6 Å². The summed E-state index contributed by atoms with van der Waals surface area (Å²) in [4.78, 5) is 26.6. The summed E-state index contributed by atoms with van der Waals surface area (Å²) in [6.45, 7) is 10.2. The van der Waals surface area contributed by atoms with Crippen LogP contribution in [0.15, 0.2) is 29.4 Å². The van der Waals surface area contributed by atoms with E-state index >= 15 is 0 Å². The van der Waals surface area contributed by atoms with Crippen LogP contribution in [-0.4, -0.2) is 51.6 Å². The molecule has 9 heteroatoms. The predicted molar refractivity (Wildman–Crippen MR) is 119 cm³/mol. The Morgan fingerprint density at radius 2 is 1.77 bits per heavy atom. The number of benzene rings is 1. The average Bonchev–Trinajstić information content (AvgIpc) is 3.37. The minimum Gasteiger partial charge on any atom is -0.341 e. The molecule has 0 radical (unpaired) electrons. The maximum Gasteiger partial charge on any atom is 0.321 e. The molecule has 1 fully saturated rings. The van der Waals surface area contributed by atoms with Crippen molar-refractivity contribution in [3.05, 3.63) is 29.8 Å². The highest BCUT2D eigenvalue weighted by Crippen LogP contribution is 2.30. The molecule has 0 spiro atoms. The molecule has 1 unspecified atom stereocenters. The molecule has 0 bridgehead atoms. The van der Waals surface area contributed by atoms with Gasteiger partial charge in [0.2, 0.25) is 11.9 Å². The van der Waals surface area contributed by atoms with Crippen LogP contribution in [-0.2, 0) is 4.79 Å². The summed E-state index contributed by atoms with van der Waals surface area (Å²) < 4.78 is 2.00. The number of nitrogens with one attached hydrogen (secondary N) is 2. The van der Waals surface area contributed by atoms with Gasteiger partial charge in [0.05, 0.1) is 10.9 Å². The van der Waals surface area contributed by atoms with Gasteiger partial charge in [0.25, 0.3) is 0 Å². The Hall–Kier alpha value is -2.55. The van der Waals surface area contributed by atoms with Crippen LogP contribution in [0.3, 0.4) is 0 Å². The number of carbonyl (C=O) groups is 2. The van der Waals surface area contributed by atoms with Gasteiger partial charge in [0, 0.05) is 19.6 Å². The second kappa shape index (κ2) is 9.97. The Morgan fingerprint density at radius 3 is 2.40 bits per heavy atom. The van der Waals surface area contributed by atoms with Crippen molar-refractivity contribution in [2.45, 2.75) is 50.9 Å². The third-order valence-corrected chi connectivity index (χ3v) is 5.90. The number of hydrogen-bond donors (Lipinski definition) is 2. The zero-order valence-corrected chi connectivity index (χ0v) is 18.8. The van der Waals surface area contributed by atoms with Gasteiger partial charge in [-0.3, -0.25) is 14.7 Å². The van der Waals surface area contributed by atoms with Gasteiger partial charge in [-0.2, -0.15) is 0 Å². The first-order valence-corrected chi connectivity index (χ1v) is 11.3. The number of hydrogen-bond acceptors (Lipinski definition) is 6.